The van der Waals surface area contributed by atoms with Crippen molar-refractivity contribution >= 4 is 16.0 Å². The van der Waals surface area contributed by atoms with Gasteiger partial charge in [-0.25, -0.2) is 8.42 Å². The first-order chi connectivity index (χ1) is 9.90. The summed E-state index contributed by atoms with van der Waals surface area (Å²) in [7, 11) is -3.88. The minimum atomic E-state index is -3.88. The number of hydrogen-bond acceptors (Lipinski definition) is 4. The molecule has 0 bridgehead atoms. The minimum Gasteiger partial charge on any atom is -0.480 e. The zero-order valence-electron chi connectivity index (χ0n) is 11.7. The molecule has 0 saturated carbocycles. The summed E-state index contributed by atoms with van der Waals surface area (Å²) in [5, 5.41) is 17.6. The lowest BCUT2D eigenvalue weighted by Gasteiger charge is -2.14. The molecule has 1 atom stereocenters. The highest BCUT2D eigenvalue weighted by Gasteiger charge is 2.24. The largest absolute Gasteiger partial charge is 0.480 e. The molecule has 0 unspecified atom stereocenters. The maximum absolute atomic E-state index is 12.1. The van der Waals surface area contributed by atoms with Gasteiger partial charge in [0.1, 0.15) is 6.04 Å². The van der Waals surface area contributed by atoms with Crippen LogP contribution in [0.15, 0.2) is 29.2 Å². The van der Waals surface area contributed by atoms with E-state index in [4.69, 9.17) is 10.4 Å². The highest BCUT2D eigenvalue weighted by molar-refractivity contribution is 7.89. The minimum absolute atomic E-state index is 0.00746. The average molecular weight is 310 g/mol. The van der Waals surface area contributed by atoms with E-state index < -0.39 is 22.0 Å². The van der Waals surface area contributed by atoms with Crippen LogP contribution in [0.5, 0.6) is 0 Å². The molecule has 0 radical (unpaired) electrons. The zero-order valence-corrected chi connectivity index (χ0v) is 12.6. The predicted octanol–water partition coefficient (Wildman–Crippen LogP) is 1.67. The van der Waals surface area contributed by atoms with Gasteiger partial charge in [-0.15, -0.1) is 0 Å². The smallest absolute Gasteiger partial charge is 0.321 e. The molecule has 7 heteroatoms. The summed E-state index contributed by atoms with van der Waals surface area (Å²) < 4.78 is 26.5. The summed E-state index contributed by atoms with van der Waals surface area (Å²) in [6.45, 7) is 1.90. The van der Waals surface area contributed by atoms with Crippen LogP contribution in [0.1, 0.15) is 31.7 Å². The molecule has 0 aliphatic heterocycles. The Labute approximate surface area is 124 Å². The molecule has 2 N–H and O–H groups in total. The fourth-order valence-corrected chi connectivity index (χ4v) is 3.00. The molecule has 0 aliphatic carbocycles. The van der Waals surface area contributed by atoms with E-state index in [-0.39, 0.29) is 17.7 Å². The number of hydrogen-bond donors (Lipinski definition) is 2. The average Bonchev–Trinajstić information content (AvgIpc) is 2.44. The Hall–Kier alpha value is -1.91. The van der Waals surface area contributed by atoms with E-state index in [1.165, 1.54) is 12.1 Å². The highest BCUT2D eigenvalue weighted by atomic mass is 32.2. The lowest BCUT2D eigenvalue weighted by Crippen LogP contribution is -2.40. The van der Waals surface area contributed by atoms with E-state index in [1.807, 2.05) is 13.0 Å². The van der Waals surface area contributed by atoms with Crippen molar-refractivity contribution < 1.29 is 18.3 Å². The van der Waals surface area contributed by atoms with Crippen molar-refractivity contribution in [3.8, 4) is 6.07 Å². The van der Waals surface area contributed by atoms with Crippen LogP contribution in [0.3, 0.4) is 0 Å². The second-order valence-electron chi connectivity index (χ2n) is 4.63. The number of benzene rings is 1. The van der Waals surface area contributed by atoms with Gasteiger partial charge in [0.2, 0.25) is 10.0 Å². The van der Waals surface area contributed by atoms with Crippen LogP contribution < -0.4 is 4.72 Å². The Morgan fingerprint density at radius 3 is 2.48 bits per heavy atom. The molecule has 0 heterocycles. The van der Waals surface area contributed by atoms with E-state index in [2.05, 4.69) is 4.72 Å². The highest BCUT2D eigenvalue weighted by Crippen LogP contribution is 2.13. The van der Waals surface area contributed by atoms with E-state index in [9.17, 15) is 13.2 Å². The number of nitrogens with one attached hydrogen (secondary N) is 1. The molecule has 0 fully saturated rings. The van der Waals surface area contributed by atoms with Gasteiger partial charge < -0.3 is 5.11 Å². The maximum Gasteiger partial charge on any atom is 0.321 e. The summed E-state index contributed by atoms with van der Waals surface area (Å²) >= 11 is 0. The van der Waals surface area contributed by atoms with E-state index in [0.717, 1.165) is 6.42 Å². The SMILES string of the molecule is CCCC[C@H](NS(=O)(=O)c1ccc(CC#N)cc1)C(=O)O. The Morgan fingerprint density at radius 2 is 2.00 bits per heavy atom. The van der Waals surface area contributed by atoms with Crippen LogP contribution in [0.4, 0.5) is 0 Å². The van der Waals surface area contributed by atoms with Crippen molar-refractivity contribution in [2.75, 3.05) is 0 Å². The van der Waals surface area contributed by atoms with Gasteiger partial charge in [0.25, 0.3) is 0 Å². The standard InChI is InChI=1S/C14H18N2O4S/c1-2-3-4-13(14(17)18)16-21(19,20)12-7-5-11(6-8-12)9-10-15/h5-8,13,16H,2-4,9H2,1H3,(H,17,18)/t13-/m0/s1. The Morgan fingerprint density at radius 1 is 1.38 bits per heavy atom. The number of carbonyl (C=O) groups is 1. The number of unbranched alkanes of at least 4 members (excludes halogenated alkanes) is 1. The fraction of sp³-hybridized carbons (Fsp3) is 0.429. The van der Waals surface area contributed by atoms with Crippen molar-refractivity contribution in [1.82, 2.24) is 4.72 Å². The number of aliphatic carboxylic acids is 1. The van der Waals surface area contributed by atoms with Crippen molar-refractivity contribution in [2.24, 2.45) is 0 Å². The number of carboxylic acid groups (broad SMARTS) is 1. The van der Waals surface area contributed by atoms with E-state index >= 15 is 0 Å². The molecular formula is C14H18N2O4S. The quantitative estimate of drug-likeness (QED) is 0.759. The van der Waals surface area contributed by atoms with Crippen LogP contribution in [0, 0.1) is 11.3 Å². The molecular weight excluding hydrogens is 292 g/mol. The lowest BCUT2D eigenvalue weighted by molar-refractivity contribution is -0.139. The lowest BCUT2D eigenvalue weighted by atomic mass is 10.1. The van der Waals surface area contributed by atoms with Crippen LogP contribution in [0.25, 0.3) is 0 Å². The number of rotatable bonds is 8. The van der Waals surface area contributed by atoms with Crippen molar-refractivity contribution in [2.45, 2.75) is 43.5 Å². The third kappa shape index (κ3) is 5.17. The second-order valence-corrected chi connectivity index (χ2v) is 6.35. The first kappa shape index (κ1) is 17.1. The number of nitriles is 1. The summed E-state index contributed by atoms with van der Waals surface area (Å²) in [4.78, 5) is 11.1. The summed E-state index contributed by atoms with van der Waals surface area (Å²) in [6.07, 6.45) is 1.86. The summed E-state index contributed by atoms with van der Waals surface area (Å²) in [5.41, 5.74) is 0.706. The van der Waals surface area contributed by atoms with Gasteiger partial charge in [-0.1, -0.05) is 31.9 Å². The Balaban J connectivity index is 2.88. The normalized spacial score (nSPS) is 12.6. The molecule has 21 heavy (non-hydrogen) atoms. The first-order valence-corrected chi connectivity index (χ1v) is 8.10. The number of sulfonamides is 1. The van der Waals surface area contributed by atoms with Crippen LogP contribution in [-0.4, -0.2) is 25.5 Å². The van der Waals surface area contributed by atoms with Gasteiger partial charge in [-0.2, -0.15) is 9.98 Å². The van der Waals surface area contributed by atoms with Crippen molar-refractivity contribution in [1.29, 1.82) is 5.26 Å². The molecule has 0 aliphatic rings. The monoisotopic (exact) mass is 310 g/mol. The van der Waals surface area contributed by atoms with Crippen molar-refractivity contribution in [3.05, 3.63) is 29.8 Å². The van der Waals surface area contributed by atoms with Gasteiger partial charge in [0.05, 0.1) is 17.4 Å². The molecule has 1 aromatic carbocycles. The van der Waals surface area contributed by atoms with Crippen LogP contribution in [-0.2, 0) is 21.2 Å². The van der Waals surface area contributed by atoms with Gasteiger partial charge in [-0.05, 0) is 24.1 Å². The fourth-order valence-electron chi connectivity index (χ4n) is 1.77. The van der Waals surface area contributed by atoms with E-state index in [0.29, 0.717) is 12.0 Å². The van der Waals surface area contributed by atoms with Gasteiger partial charge in [0, 0.05) is 0 Å². The third-order valence-electron chi connectivity index (χ3n) is 2.96. The predicted molar refractivity (Wildman–Crippen MR) is 77.0 cm³/mol. The molecule has 0 spiro atoms. The molecule has 114 valence electrons. The second kappa shape index (κ2) is 7.76. The summed E-state index contributed by atoms with van der Waals surface area (Å²) in [6, 6.07) is 6.66. The molecule has 6 nitrogen and oxygen atoms in total. The first-order valence-electron chi connectivity index (χ1n) is 6.61. The van der Waals surface area contributed by atoms with Crippen LogP contribution >= 0.6 is 0 Å². The number of nitrogens with zero attached hydrogens (tertiary/aromatic N) is 1. The van der Waals surface area contributed by atoms with Crippen molar-refractivity contribution in [3.63, 3.8) is 0 Å². The van der Waals surface area contributed by atoms with E-state index in [1.54, 1.807) is 12.1 Å². The van der Waals surface area contributed by atoms with Gasteiger partial charge in [-0.3, -0.25) is 4.79 Å². The Bertz CT molecular complexity index is 617. The Kier molecular flexibility index (Phi) is 6.34. The zero-order chi connectivity index (χ0) is 15.9. The molecule has 1 rings (SSSR count). The summed E-state index contributed by atoms with van der Waals surface area (Å²) in [5.74, 6) is -1.19. The molecule has 0 amide bonds. The maximum atomic E-state index is 12.1. The third-order valence-corrected chi connectivity index (χ3v) is 4.45. The van der Waals surface area contributed by atoms with Gasteiger partial charge in [0.15, 0.2) is 0 Å². The topological polar surface area (TPSA) is 107 Å². The number of carboxylic acids is 1. The molecule has 1 aromatic rings. The van der Waals surface area contributed by atoms with Gasteiger partial charge >= 0.3 is 5.97 Å². The van der Waals surface area contributed by atoms with Crippen LogP contribution in [0.2, 0.25) is 0 Å². The molecule has 0 aromatic heterocycles. The molecule has 0 saturated heterocycles.